The monoisotopic (exact) mass is 408 g/mol. The van der Waals surface area contributed by atoms with Crippen molar-refractivity contribution in [3.8, 4) is 0 Å². The number of piperazine rings is 1. The van der Waals surface area contributed by atoms with Gasteiger partial charge in [-0.1, -0.05) is 18.2 Å². The smallest absolute Gasteiger partial charge is 0.243 e. The second-order valence-electron chi connectivity index (χ2n) is 5.98. The Balaban J connectivity index is 0.00000156. The van der Waals surface area contributed by atoms with Crippen LogP contribution in [0.3, 0.4) is 0 Å². The van der Waals surface area contributed by atoms with Crippen LogP contribution in [-0.4, -0.2) is 57.2 Å². The normalized spacial score (nSPS) is 15.6. The summed E-state index contributed by atoms with van der Waals surface area (Å²) in [5.74, 6) is 0. The van der Waals surface area contributed by atoms with Crippen LogP contribution in [0.25, 0.3) is 10.9 Å². The Labute approximate surface area is 161 Å². The first-order chi connectivity index (χ1) is 11.0. The number of hydrogen-bond donors (Lipinski definition) is 2. The van der Waals surface area contributed by atoms with Crippen molar-refractivity contribution >= 4 is 45.7 Å². The van der Waals surface area contributed by atoms with E-state index in [1.165, 1.54) is 0 Å². The maximum absolute atomic E-state index is 12.8. The molecule has 1 aliphatic heterocycles. The molecule has 0 spiro atoms. The van der Waals surface area contributed by atoms with Gasteiger partial charge >= 0.3 is 0 Å². The number of para-hydroxylation sites is 1. The Kier molecular flexibility index (Phi) is 8.18. The maximum atomic E-state index is 12.8. The van der Waals surface area contributed by atoms with Crippen LogP contribution in [-0.2, 0) is 17.1 Å². The topological polar surface area (TPSA) is 66.4 Å². The van der Waals surface area contributed by atoms with E-state index in [1.807, 2.05) is 42.8 Å². The van der Waals surface area contributed by atoms with Crippen molar-refractivity contribution < 1.29 is 8.42 Å². The molecule has 1 aromatic carbocycles. The molecule has 2 heterocycles. The number of benzene rings is 1. The Morgan fingerprint density at radius 1 is 1.16 bits per heavy atom. The summed E-state index contributed by atoms with van der Waals surface area (Å²) >= 11 is 0. The Morgan fingerprint density at radius 3 is 2.48 bits per heavy atom. The van der Waals surface area contributed by atoms with Gasteiger partial charge in [-0.05, 0) is 13.0 Å². The standard InChI is InChI=1S/C16H24N4O2S.2ClH/c1-13-16(14-5-3-4-6-15(14)19(13)2)23(21,22)18-9-12-20-10-7-17-8-11-20;;/h3-6,17-18H,7-12H2,1-2H3;2*1H. The van der Waals surface area contributed by atoms with Gasteiger partial charge in [0.05, 0.1) is 0 Å². The predicted molar refractivity (Wildman–Crippen MR) is 107 cm³/mol. The lowest BCUT2D eigenvalue weighted by molar-refractivity contribution is 0.245. The quantitative estimate of drug-likeness (QED) is 0.786. The fraction of sp³-hybridized carbons (Fsp3) is 0.500. The van der Waals surface area contributed by atoms with Gasteiger partial charge in [-0.15, -0.1) is 24.8 Å². The highest BCUT2D eigenvalue weighted by Gasteiger charge is 2.23. The summed E-state index contributed by atoms with van der Waals surface area (Å²) in [6.07, 6.45) is 0. The summed E-state index contributed by atoms with van der Waals surface area (Å²) in [7, 11) is -1.61. The Morgan fingerprint density at radius 2 is 1.80 bits per heavy atom. The number of fused-ring (bicyclic) bond motifs is 1. The molecule has 25 heavy (non-hydrogen) atoms. The molecule has 3 rings (SSSR count). The zero-order valence-electron chi connectivity index (χ0n) is 14.5. The van der Waals surface area contributed by atoms with Gasteiger partial charge in [0.15, 0.2) is 0 Å². The molecule has 1 fully saturated rings. The summed E-state index contributed by atoms with van der Waals surface area (Å²) in [6, 6.07) is 7.62. The summed E-state index contributed by atoms with van der Waals surface area (Å²) in [5, 5.41) is 4.07. The fourth-order valence-electron chi connectivity index (χ4n) is 3.17. The molecule has 0 bridgehead atoms. The molecule has 0 unspecified atom stereocenters. The number of aryl methyl sites for hydroxylation is 1. The SMILES string of the molecule is Cc1c(S(=O)(=O)NCCN2CCNCC2)c2ccccc2n1C.Cl.Cl. The Bertz CT molecular complexity index is 802. The van der Waals surface area contributed by atoms with Gasteiger partial charge < -0.3 is 9.88 Å². The average Bonchev–Trinajstić information content (AvgIpc) is 2.81. The molecule has 1 aliphatic rings. The average molecular weight is 409 g/mol. The largest absolute Gasteiger partial charge is 0.347 e. The third-order valence-corrected chi connectivity index (χ3v) is 6.18. The van der Waals surface area contributed by atoms with Gasteiger partial charge in [0.2, 0.25) is 10.0 Å². The van der Waals surface area contributed by atoms with Gasteiger partial charge in [0.25, 0.3) is 0 Å². The van der Waals surface area contributed by atoms with Crippen LogP contribution in [0.2, 0.25) is 0 Å². The molecular formula is C16H26Cl2N4O2S. The minimum absolute atomic E-state index is 0. The number of nitrogens with one attached hydrogen (secondary N) is 2. The lowest BCUT2D eigenvalue weighted by atomic mass is 10.2. The first kappa shape index (κ1) is 22.2. The van der Waals surface area contributed by atoms with Crippen LogP contribution in [0.1, 0.15) is 5.69 Å². The molecule has 0 atom stereocenters. The minimum Gasteiger partial charge on any atom is -0.347 e. The predicted octanol–water partition coefficient (Wildman–Crippen LogP) is 1.51. The first-order valence-electron chi connectivity index (χ1n) is 7.97. The second kappa shape index (κ2) is 9.21. The molecule has 1 saturated heterocycles. The van der Waals surface area contributed by atoms with E-state index in [4.69, 9.17) is 0 Å². The summed E-state index contributed by atoms with van der Waals surface area (Å²) in [4.78, 5) is 2.67. The number of sulfonamides is 1. The number of halogens is 2. The van der Waals surface area contributed by atoms with E-state index in [9.17, 15) is 8.42 Å². The third kappa shape index (κ3) is 4.67. The third-order valence-electron chi connectivity index (χ3n) is 4.54. The first-order valence-corrected chi connectivity index (χ1v) is 9.46. The lowest BCUT2D eigenvalue weighted by Gasteiger charge is -2.27. The summed E-state index contributed by atoms with van der Waals surface area (Å²) < 4.78 is 30.2. The summed E-state index contributed by atoms with van der Waals surface area (Å²) in [5.41, 5.74) is 1.70. The number of nitrogens with zero attached hydrogens (tertiary/aromatic N) is 2. The van der Waals surface area contributed by atoms with Gasteiger partial charge in [-0.25, -0.2) is 13.1 Å². The van der Waals surface area contributed by atoms with E-state index >= 15 is 0 Å². The zero-order chi connectivity index (χ0) is 16.4. The molecule has 0 amide bonds. The van der Waals surface area contributed by atoms with Crippen LogP contribution in [0.4, 0.5) is 0 Å². The molecule has 0 aliphatic carbocycles. The molecule has 0 saturated carbocycles. The van der Waals surface area contributed by atoms with Crippen molar-refractivity contribution in [2.24, 2.45) is 7.05 Å². The minimum atomic E-state index is -3.51. The van der Waals surface area contributed by atoms with E-state index in [0.29, 0.717) is 11.4 Å². The highest BCUT2D eigenvalue weighted by Crippen LogP contribution is 2.28. The van der Waals surface area contributed by atoms with Crippen LogP contribution < -0.4 is 10.0 Å². The molecule has 1 aromatic heterocycles. The van der Waals surface area contributed by atoms with Crippen LogP contribution in [0.15, 0.2) is 29.2 Å². The zero-order valence-corrected chi connectivity index (χ0v) is 16.9. The van der Waals surface area contributed by atoms with E-state index in [1.54, 1.807) is 0 Å². The Hall–Kier alpha value is -0.830. The van der Waals surface area contributed by atoms with E-state index in [2.05, 4.69) is 14.9 Å². The highest BCUT2D eigenvalue weighted by atomic mass is 35.5. The van der Waals surface area contributed by atoms with Gasteiger partial charge in [-0.2, -0.15) is 0 Å². The number of hydrogen-bond acceptors (Lipinski definition) is 4. The number of rotatable bonds is 5. The second-order valence-corrected chi connectivity index (χ2v) is 7.68. The van der Waals surface area contributed by atoms with Crippen molar-refractivity contribution in [2.75, 3.05) is 39.3 Å². The maximum Gasteiger partial charge on any atom is 0.243 e. The van der Waals surface area contributed by atoms with E-state index in [0.717, 1.165) is 49.3 Å². The van der Waals surface area contributed by atoms with Crippen LogP contribution in [0.5, 0.6) is 0 Å². The van der Waals surface area contributed by atoms with E-state index in [-0.39, 0.29) is 24.8 Å². The molecular weight excluding hydrogens is 383 g/mol. The molecule has 9 heteroatoms. The fourth-order valence-corrected chi connectivity index (χ4v) is 4.66. The van der Waals surface area contributed by atoms with Crippen LogP contribution >= 0.6 is 24.8 Å². The van der Waals surface area contributed by atoms with Crippen molar-refractivity contribution in [3.05, 3.63) is 30.0 Å². The lowest BCUT2D eigenvalue weighted by Crippen LogP contribution is -2.46. The molecule has 2 N–H and O–H groups in total. The molecule has 6 nitrogen and oxygen atoms in total. The van der Waals surface area contributed by atoms with Crippen molar-refractivity contribution in [2.45, 2.75) is 11.8 Å². The highest BCUT2D eigenvalue weighted by molar-refractivity contribution is 7.89. The van der Waals surface area contributed by atoms with Crippen molar-refractivity contribution in [1.29, 1.82) is 0 Å². The van der Waals surface area contributed by atoms with Gasteiger partial charge in [0, 0.05) is 62.9 Å². The summed E-state index contributed by atoms with van der Waals surface area (Å²) in [6.45, 7) is 6.90. The molecule has 2 aromatic rings. The van der Waals surface area contributed by atoms with Gasteiger partial charge in [-0.3, -0.25) is 4.90 Å². The van der Waals surface area contributed by atoms with E-state index < -0.39 is 10.0 Å². The van der Waals surface area contributed by atoms with Crippen molar-refractivity contribution in [1.82, 2.24) is 19.5 Å². The van der Waals surface area contributed by atoms with Gasteiger partial charge in [0.1, 0.15) is 4.90 Å². The van der Waals surface area contributed by atoms with Crippen molar-refractivity contribution in [3.63, 3.8) is 0 Å². The number of aromatic nitrogens is 1. The molecule has 142 valence electrons. The van der Waals surface area contributed by atoms with Crippen LogP contribution in [0, 0.1) is 6.92 Å². The molecule has 0 radical (unpaired) electrons.